The van der Waals surface area contributed by atoms with Gasteiger partial charge in [-0.25, -0.2) is 4.98 Å². The highest BCUT2D eigenvalue weighted by atomic mass is 35.5. The molecule has 5 heteroatoms. The Morgan fingerprint density at radius 3 is 2.88 bits per heavy atom. The Morgan fingerprint density at radius 1 is 1.29 bits per heavy atom. The van der Waals surface area contributed by atoms with E-state index in [4.69, 9.17) is 28.5 Å². The molecule has 2 aromatic heterocycles. The molecule has 2 heterocycles. The highest BCUT2D eigenvalue weighted by Crippen LogP contribution is 2.32. The van der Waals surface area contributed by atoms with E-state index >= 15 is 0 Å². The number of halogens is 2. The van der Waals surface area contributed by atoms with E-state index in [2.05, 4.69) is 16.0 Å². The SMILES string of the molecule is N#Cc1cnc(Cl)c2c1[nH]c1cc(Cl)ccc12. The Bertz CT molecular complexity index is 784. The van der Waals surface area contributed by atoms with Crippen LogP contribution < -0.4 is 0 Å². The quantitative estimate of drug-likeness (QED) is 0.625. The lowest BCUT2D eigenvalue weighted by Gasteiger charge is -1.95. The highest BCUT2D eigenvalue weighted by Gasteiger charge is 2.12. The zero-order valence-corrected chi connectivity index (χ0v) is 9.97. The van der Waals surface area contributed by atoms with Crippen molar-refractivity contribution in [1.29, 1.82) is 5.26 Å². The molecule has 0 saturated heterocycles. The van der Waals surface area contributed by atoms with Crippen LogP contribution in [0.3, 0.4) is 0 Å². The summed E-state index contributed by atoms with van der Waals surface area (Å²) in [5.74, 6) is 0. The van der Waals surface area contributed by atoms with Crippen molar-refractivity contribution in [3.63, 3.8) is 0 Å². The van der Waals surface area contributed by atoms with Gasteiger partial charge in [-0.05, 0) is 12.1 Å². The van der Waals surface area contributed by atoms with Crippen LogP contribution in [0.5, 0.6) is 0 Å². The van der Waals surface area contributed by atoms with Gasteiger partial charge in [0.25, 0.3) is 0 Å². The molecule has 0 bridgehead atoms. The molecular weight excluding hydrogens is 257 g/mol. The molecule has 0 radical (unpaired) electrons. The predicted molar refractivity (Wildman–Crippen MR) is 68.3 cm³/mol. The number of fused-ring (bicyclic) bond motifs is 3. The van der Waals surface area contributed by atoms with Crippen LogP contribution >= 0.6 is 23.2 Å². The summed E-state index contributed by atoms with van der Waals surface area (Å²) < 4.78 is 0. The Balaban J connectivity index is 2.60. The van der Waals surface area contributed by atoms with Crippen molar-refractivity contribution in [3.8, 4) is 6.07 Å². The Kier molecular flexibility index (Phi) is 2.22. The van der Waals surface area contributed by atoms with E-state index in [1.807, 2.05) is 6.07 Å². The molecule has 0 aliphatic carbocycles. The molecule has 0 saturated carbocycles. The zero-order valence-electron chi connectivity index (χ0n) is 8.46. The number of nitrogens with one attached hydrogen (secondary N) is 1. The maximum Gasteiger partial charge on any atom is 0.139 e. The zero-order chi connectivity index (χ0) is 12.0. The molecule has 82 valence electrons. The van der Waals surface area contributed by atoms with Crippen LogP contribution in [0.1, 0.15) is 5.56 Å². The van der Waals surface area contributed by atoms with E-state index < -0.39 is 0 Å². The molecule has 3 aromatic rings. The highest BCUT2D eigenvalue weighted by molar-refractivity contribution is 6.37. The predicted octanol–water partition coefficient (Wildman–Crippen LogP) is 3.89. The van der Waals surface area contributed by atoms with Crippen molar-refractivity contribution < 1.29 is 0 Å². The minimum atomic E-state index is 0.382. The van der Waals surface area contributed by atoms with E-state index in [9.17, 15) is 0 Å². The number of H-pyrrole nitrogens is 1. The number of rotatable bonds is 0. The van der Waals surface area contributed by atoms with Gasteiger partial charge in [0, 0.05) is 27.5 Å². The first-order valence-electron chi connectivity index (χ1n) is 4.86. The Hall–Kier alpha value is -1.76. The van der Waals surface area contributed by atoms with Crippen molar-refractivity contribution in [1.82, 2.24) is 9.97 Å². The molecule has 0 atom stereocenters. The van der Waals surface area contributed by atoms with Crippen molar-refractivity contribution >= 4 is 45.0 Å². The van der Waals surface area contributed by atoms with Gasteiger partial charge in [0.15, 0.2) is 0 Å². The molecule has 0 fully saturated rings. The fourth-order valence-electron chi connectivity index (χ4n) is 1.92. The summed E-state index contributed by atoms with van der Waals surface area (Å²) in [7, 11) is 0. The number of aromatic nitrogens is 2. The van der Waals surface area contributed by atoms with Crippen LogP contribution in [0, 0.1) is 11.3 Å². The summed E-state index contributed by atoms with van der Waals surface area (Å²) >= 11 is 12.0. The topological polar surface area (TPSA) is 52.5 Å². The van der Waals surface area contributed by atoms with Gasteiger partial charge < -0.3 is 4.98 Å². The Morgan fingerprint density at radius 2 is 2.12 bits per heavy atom. The summed E-state index contributed by atoms with van der Waals surface area (Å²) in [5, 5.41) is 11.7. The lowest BCUT2D eigenvalue weighted by molar-refractivity contribution is 1.33. The third-order valence-electron chi connectivity index (χ3n) is 2.66. The molecule has 0 amide bonds. The maximum absolute atomic E-state index is 9.03. The normalized spacial score (nSPS) is 10.9. The largest absolute Gasteiger partial charge is 0.353 e. The minimum absolute atomic E-state index is 0.382. The number of pyridine rings is 1. The fraction of sp³-hybridized carbons (Fsp3) is 0. The van der Waals surface area contributed by atoms with E-state index in [0.29, 0.717) is 21.3 Å². The Labute approximate surface area is 107 Å². The smallest absolute Gasteiger partial charge is 0.139 e. The van der Waals surface area contributed by atoms with Crippen LogP contribution in [0.2, 0.25) is 10.2 Å². The number of hydrogen-bond acceptors (Lipinski definition) is 2. The average molecular weight is 262 g/mol. The van der Waals surface area contributed by atoms with Gasteiger partial charge >= 0.3 is 0 Å². The van der Waals surface area contributed by atoms with Gasteiger partial charge in [0.1, 0.15) is 11.2 Å². The van der Waals surface area contributed by atoms with Crippen LogP contribution in [-0.2, 0) is 0 Å². The minimum Gasteiger partial charge on any atom is -0.353 e. The summed E-state index contributed by atoms with van der Waals surface area (Å²) in [6.07, 6.45) is 1.46. The molecule has 17 heavy (non-hydrogen) atoms. The molecule has 0 aliphatic heterocycles. The number of nitrogens with zero attached hydrogens (tertiary/aromatic N) is 2. The van der Waals surface area contributed by atoms with Crippen LogP contribution in [0.4, 0.5) is 0 Å². The van der Waals surface area contributed by atoms with E-state index in [1.165, 1.54) is 6.20 Å². The molecule has 3 nitrogen and oxygen atoms in total. The third-order valence-corrected chi connectivity index (χ3v) is 3.19. The molecule has 0 aliphatic rings. The molecule has 1 N–H and O–H groups in total. The summed E-state index contributed by atoms with van der Waals surface area (Å²) in [6, 6.07) is 7.54. The van der Waals surface area contributed by atoms with Gasteiger partial charge in [0.05, 0.1) is 11.1 Å². The first kappa shape index (κ1) is 10.4. The van der Waals surface area contributed by atoms with Crippen LogP contribution in [0.15, 0.2) is 24.4 Å². The van der Waals surface area contributed by atoms with Crippen molar-refractivity contribution in [2.45, 2.75) is 0 Å². The second-order valence-corrected chi connectivity index (χ2v) is 4.43. The van der Waals surface area contributed by atoms with Gasteiger partial charge in [0.2, 0.25) is 0 Å². The lowest BCUT2D eigenvalue weighted by atomic mass is 10.1. The van der Waals surface area contributed by atoms with Gasteiger partial charge in [-0.3, -0.25) is 0 Å². The maximum atomic E-state index is 9.03. The molecule has 0 spiro atoms. The number of aromatic amines is 1. The van der Waals surface area contributed by atoms with Crippen LogP contribution in [-0.4, -0.2) is 9.97 Å². The molecule has 0 unspecified atom stereocenters. The van der Waals surface area contributed by atoms with Crippen molar-refractivity contribution in [2.24, 2.45) is 0 Å². The lowest BCUT2D eigenvalue weighted by Crippen LogP contribution is -1.82. The fourth-order valence-corrected chi connectivity index (χ4v) is 2.34. The number of hydrogen-bond donors (Lipinski definition) is 1. The summed E-state index contributed by atoms with van der Waals surface area (Å²) in [5.41, 5.74) is 2.01. The first-order valence-corrected chi connectivity index (χ1v) is 5.62. The summed E-state index contributed by atoms with van der Waals surface area (Å²) in [6.45, 7) is 0. The van der Waals surface area contributed by atoms with E-state index in [1.54, 1.807) is 12.1 Å². The van der Waals surface area contributed by atoms with E-state index in [-0.39, 0.29) is 0 Å². The molecule has 3 rings (SSSR count). The number of nitriles is 1. The monoisotopic (exact) mass is 261 g/mol. The van der Waals surface area contributed by atoms with Gasteiger partial charge in [-0.2, -0.15) is 5.26 Å². The summed E-state index contributed by atoms with van der Waals surface area (Å²) in [4.78, 5) is 7.16. The standard InChI is InChI=1S/C12H5Cl2N3/c13-7-1-2-8-9(3-7)17-11-6(4-15)5-16-12(14)10(8)11/h1-3,5,17H. The van der Waals surface area contributed by atoms with Gasteiger partial charge in [-0.1, -0.05) is 29.3 Å². The molecular formula is C12H5Cl2N3. The number of benzene rings is 1. The second kappa shape index (κ2) is 3.63. The average Bonchev–Trinajstić information content (AvgIpc) is 2.68. The first-order chi connectivity index (χ1) is 8.20. The van der Waals surface area contributed by atoms with Crippen molar-refractivity contribution in [2.75, 3.05) is 0 Å². The molecule has 1 aromatic carbocycles. The van der Waals surface area contributed by atoms with Gasteiger partial charge in [-0.15, -0.1) is 0 Å². The van der Waals surface area contributed by atoms with E-state index in [0.717, 1.165) is 16.3 Å². The van der Waals surface area contributed by atoms with Crippen molar-refractivity contribution in [3.05, 3.63) is 40.1 Å². The second-order valence-electron chi connectivity index (χ2n) is 3.64. The third kappa shape index (κ3) is 1.46. The van der Waals surface area contributed by atoms with Crippen LogP contribution in [0.25, 0.3) is 21.8 Å².